The van der Waals surface area contributed by atoms with Crippen molar-refractivity contribution >= 4 is 5.82 Å². The summed E-state index contributed by atoms with van der Waals surface area (Å²) in [6.07, 6.45) is 0.524. The topological polar surface area (TPSA) is 77.6 Å². The van der Waals surface area contributed by atoms with E-state index < -0.39 is 6.10 Å². The Morgan fingerprint density at radius 1 is 1.56 bits per heavy atom. The molecule has 0 aromatic carbocycles. The molecule has 1 saturated heterocycles. The fourth-order valence-corrected chi connectivity index (χ4v) is 1.73. The number of aryl methyl sites for hydroxylation is 1. The molecule has 0 radical (unpaired) electrons. The van der Waals surface area contributed by atoms with Crippen LogP contribution in [0.2, 0.25) is 0 Å². The van der Waals surface area contributed by atoms with Gasteiger partial charge < -0.3 is 20.3 Å². The number of aliphatic hydroxyl groups excluding tert-OH is 1. The van der Waals surface area contributed by atoms with Gasteiger partial charge in [-0.1, -0.05) is 0 Å². The predicted octanol–water partition coefficient (Wildman–Crippen LogP) is 0.421. The maximum absolute atomic E-state index is 10.1. The zero-order valence-corrected chi connectivity index (χ0v) is 9.22. The van der Waals surface area contributed by atoms with E-state index in [-0.39, 0.29) is 6.10 Å². The number of hydrogen-bond donors (Lipinski definition) is 2. The van der Waals surface area contributed by atoms with Gasteiger partial charge >= 0.3 is 0 Å². The molecule has 2 atom stereocenters. The number of pyridine rings is 1. The normalized spacial score (nSPS) is 23.0. The number of aromatic nitrogens is 1. The van der Waals surface area contributed by atoms with Gasteiger partial charge in [0.1, 0.15) is 18.0 Å². The van der Waals surface area contributed by atoms with Gasteiger partial charge in [0.15, 0.2) is 0 Å². The molecule has 3 N–H and O–H groups in total. The molecule has 0 spiro atoms. The fraction of sp³-hybridized carbons (Fsp3) is 0.545. The van der Waals surface area contributed by atoms with Crippen LogP contribution >= 0.6 is 0 Å². The average molecular weight is 224 g/mol. The van der Waals surface area contributed by atoms with Crippen LogP contribution in [0.25, 0.3) is 0 Å². The van der Waals surface area contributed by atoms with E-state index in [4.69, 9.17) is 15.2 Å². The quantitative estimate of drug-likeness (QED) is 0.761. The van der Waals surface area contributed by atoms with Crippen LogP contribution in [0, 0.1) is 6.92 Å². The summed E-state index contributed by atoms with van der Waals surface area (Å²) < 4.78 is 10.7. The van der Waals surface area contributed by atoms with Gasteiger partial charge in [-0.25, -0.2) is 4.98 Å². The molecule has 1 aromatic heterocycles. The first-order valence-corrected chi connectivity index (χ1v) is 5.28. The van der Waals surface area contributed by atoms with E-state index in [0.29, 0.717) is 31.2 Å². The molecular weight excluding hydrogens is 208 g/mol. The number of anilines is 1. The fourth-order valence-electron chi connectivity index (χ4n) is 1.73. The number of hydrogen-bond acceptors (Lipinski definition) is 5. The number of nitrogen functional groups attached to an aromatic ring is 1. The lowest BCUT2D eigenvalue weighted by Crippen LogP contribution is -2.34. The molecule has 0 amide bonds. The molecule has 1 aliphatic heterocycles. The first-order valence-electron chi connectivity index (χ1n) is 5.28. The second-order valence-corrected chi connectivity index (χ2v) is 3.92. The van der Waals surface area contributed by atoms with Gasteiger partial charge in [-0.15, -0.1) is 0 Å². The lowest BCUT2D eigenvalue weighted by molar-refractivity contribution is -0.133. The van der Waals surface area contributed by atoms with Crippen molar-refractivity contribution in [3.8, 4) is 0 Å². The van der Waals surface area contributed by atoms with E-state index in [0.717, 1.165) is 5.56 Å². The van der Waals surface area contributed by atoms with Crippen molar-refractivity contribution in [1.29, 1.82) is 0 Å². The molecule has 0 saturated carbocycles. The molecular formula is C11H16N2O3. The highest BCUT2D eigenvalue weighted by Crippen LogP contribution is 2.25. The standard InChI is InChI=1S/C11H16N2O3/c1-7-4-8(11(12)13-5-7)10(14)9-6-15-2-3-16-9/h4-5,9-10,14H,2-3,6H2,1H3,(H2,12,13). The first kappa shape index (κ1) is 11.3. The molecule has 88 valence electrons. The van der Waals surface area contributed by atoms with Crippen molar-refractivity contribution in [3.05, 3.63) is 23.4 Å². The Labute approximate surface area is 94.2 Å². The summed E-state index contributed by atoms with van der Waals surface area (Å²) in [6, 6.07) is 1.82. The molecule has 16 heavy (non-hydrogen) atoms. The van der Waals surface area contributed by atoms with E-state index in [1.54, 1.807) is 6.20 Å². The van der Waals surface area contributed by atoms with Crippen molar-refractivity contribution < 1.29 is 14.6 Å². The van der Waals surface area contributed by atoms with Gasteiger partial charge in [0.05, 0.1) is 19.8 Å². The highest BCUT2D eigenvalue weighted by Gasteiger charge is 2.26. The third-order valence-corrected chi connectivity index (χ3v) is 2.60. The number of ether oxygens (including phenoxy) is 2. The Morgan fingerprint density at radius 2 is 2.38 bits per heavy atom. The summed E-state index contributed by atoms with van der Waals surface area (Å²) in [6.45, 7) is 3.36. The third-order valence-electron chi connectivity index (χ3n) is 2.60. The maximum Gasteiger partial charge on any atom is 0.129 e. The smallest absolute Gasteiger partial charge is 0.129 e. The minimum Gasteiger partial charge on any atom is -0.385 e. The van der Waals surface area contributed by atoms with Crippen molar-refractivity contribution in [3.63, 3.8) is 0 Å². The van der Waals surface area contributed by atoms with Gasteiger partial charge in [0.25, 0.3) is 0 Å². The molecule has 2 rings (SSSR count). The second-order valence-electron chi connectivity index (χ2n) is 3.92. The Bertz CT molecular complexity index is 364. The summed E-state index contributed by atoms with van der Waals surface area (Å²) in [4.78, 5) is 4.02. The van der Waals surface area contributed by atoms with Crippen LogP contribution in [0.4, 0.5) is 5.82 Å². The largest absolute Gasteiger partial charge is 0.385 e. The summed E-state index contributed by atoms with van der Waals surface area (Å²) in [5.41, 5.74) is 7.29. The van der Waals surface area contributed by atoms with Crippen molar-refractivity contribution in [2.24, 2.45) is 0 Å². The van der Waals surface area contributed by atoms with E-state index in [9.17, 15) is 5.11 Å². The number of nitrogens with zero attached hydrogens (tertiary/aromatic N) is 1. The minimum atomic E-state index is -0.785. The van der Waals surface area contributed by atoms with Gasteiger partial charge in [-0.2, -0.15) is 0 Å². The van der Waals surface area contributed by atoms with Crippen LogP contribution in [0.5, 0.6) is 0 Å². The van der Waals surface area contributed by atoms with Crippen LogP contribution in [0.15, 0.2) is 12.3 Å². The highest BCUT2D eigenvalue weighted by atomic mass is 16.6. The van der Waals surface area contributed by atoms with E-state index >= 15 is 0 Å². The van der Waals surface area contributed by atoms with Crippen molar-refractivity contribution in [2.45, 2.75) is 19.1 Å². The van der Waals surface area contributed by atoms with E-state index in [2.05, 4.69) is 4.98 Å². The lowest BCUT2D eigenvalue weighted by Gasteiger charge is -2.27. The van der Waals surface area contributed by atoms with E-state index in [1.807, 2.05) is 13.0 Å². The van der Waals surface area contributed by atoms with Gasteiger partial charge in [0, 0.05) is 11.8 Å². The molecule has 1 aliphatic rings. The van der Waals surface area contributed by atoms with Gasteiger partial charge in [-0.05, 0) is 18.6 Å². The molecule has 1 aromatic rings. The zero-order chi connectivity index (χ0) is 11.5. The van der Waals surface area contributed by atoms with Crippen LogP contribution < -0.4 is 5.73 Å². The number of aliphatic hydroxyl groups is 1. The van der Waals surface area contributed by atoms with Crippen LogP contribution in [0.1, 0.15) is 17.2 Å². The molecule has 0 bridgehead atoms. The highest BCUT2D eigenvalue weighted by molar-refractivity contribution is 5.42. The first-order chi connectivity index (χ1) is 7.68. The number of rotatable bonds is 2. The van der Waals surface area contributed by atoms with Crippen molar-refractivity contribution in [2.75, 3.05) is 25.6 Å². The molecule has 0 aliphatic carbocycles. The van der Waals surface area contributed by atoms with E-state index in [1.165, 1.54) is 0 Å². The Kier molecular flexibility index (Phi) is 3.38. The van der Waals surface area contributed by atoms with Crippen LogP contribution in [-0.2, 0) is 9.47 Å². The molecule has 2 unspecified atom stereocenters. The van der Waals surface area contributed by atoms with Gasteiger partial charge in [0.2, 0.25) is 0 Å². The minimum absolute atomic E-state index is 0.340. The molecule has 5 heteroatoms. The Balaban J connectivity index is 2.18. The Hall–Kier alpha value is -1.17. The number of nitrogens with two attached hydrogens (primary N) is 1. The second kappa shape index (κ2) is 4.78. The summed E-state index contributed by atoms with van der Waals surface area (Å²) in [7, 11) is 0. The predicted molar refractivity (Wildman–Crippen MR) is 58.9 cm³/mol. The lowest BCUT2D eigenvalue weighted by atomic mass is 10.0. The SMILES string of the molecule is Cc1cnc(N)c(C(O)C2COCCO2)c1. The Morgan fingerprint density at radius 3 is 3.06 bits per heavy atom. The summed E-state index contributed by atoms with van der Waals surface area (Å²) in [5.74, 6) is 0.340. The summed E-state index contributed by atoms with van der Waals surface area (Å²) in [5, 5.41) is 10.1. The van der Waals surface area contributed by atoms with Crippen molar-refractivity contribution in [1.82, 2.24) is 4.98 Å². The zero-order valence-electron chi connectivity index (χ0n) is 9.22. The van der Waals surface area contributed by atoms with Gasteiger partial charge in [-0.3, -0.25) is 0 Å². The molecule has 2 heterocycles. The molecule has 5 nitrogen and oxygen atoms in total. The van der Waals surface area contributed by atoms with Crippen LogP contribution in [0.3, 0.4) is 0 Å². The third kappa shape index (κ3) is 2.32. The van der Waals surface area contributed by atoms with Crippen LogP contribution in [-0.4, -0.2) is 36.0 Å². The average Bonchev–Trinajstić information content (AvgIpc) is 2.32. The summed E-state index contributed by atoms with van der Waals surface area (Å²) >= 11 is 0. The maximum atomic E-state index is 10.1. The molecule has 1 fully saturated rings. The monoisotopic (exact) mass is 224 g/mol.